The van der Waals surface area contributed by atoms with Gasteiger partial charge in [-0.3, -0.25) is 0 Å². The Balaban J connectivity index is 2.13. The Bertz CT molecular complexity index is 832. The van der Waals surface area contributed by atoms with Crippen LogP contribution in [-0.4, -0.2) is 0 Å². The summed E-state index contributed by atoms with van der Waals surface area (Å²) in [7, 11) is 0. The average molecular weight is 314 g/mol. The molecule has 0 aliphatic carbocycles. The van der Waals surface area contributed by atoms with Crippen molar-refractivity contribution in [3.63, 3.8) is 0 Å². The summed E-state index contributed by atoms with van der Waals surface area (Å²) in [6.07, 6.45) is 1.24. The lowest BCUT2D eigenvalue weighted by molar-refractivity contribution is 0.289. The normalized spacial score (nSPS) is 9.61. The van der Waals surface area contributed by atoms with Crippen molar-refractivity contribution < 1.29 is 17.9 Å². The molecule has 0 atom stereocenters. The van der Waals surface area contributed by atoms with Gasteiger partial charge in [0, 0.05) is 0 Å². The van der Waals surface area contributed by atoms with Crippen molar-refractivity contribution in [2.24, 2.45) is 0 Å². The highest BCUT2D eigenvalue weighted by Gasteiger charge is 2.07. The van der Waals surface area contributed by atoms with Crippen LogP contribution in [0.1, 0.15) is 11.1 Å². The molecule has 0 N–H and O–H groups in total. The molecule has 0 radical (unpaired) electrons. The van der Waals surface area contributed by atoms with E-state index in [0.29, 0.717) is 11.1 Å². The highest BCUT2D eigenvalue weighted by atomic mass is 19.2. The lowest BCUT2D eigenvalue weighted by Gasteiger charge is -2.08. The van der Waals surface area contributed by atoms with Crippen molar-refractivity contribution in [1.82, 2.24) is 0 Å². The van der Waals surface area contributed by atoms with E-state index in [2.05, 4.69) is 0 Å². The molecule has 0 spiro atoms. The third-order valence-electron chi connectivity index (χ3n) is 2.89. The minimum Gasteiger partial charge on any atom is -0.486 e. The second-order valence-electron chi connectivity index (χ2n) is 4.51. The Labute approximate surface area is 130 Å². The first-order chi connectivity index (χ1) is 11.0. The Morgan fingerprint density at radius 3 is 2.30 bits per heavy atom. The molecule has 0 bridgehead atoms. The van der Waals surface area contributed by atoms with Gasteiger partial charge in [-0.25, -0.2) is 13.2 Å². The lowest BCUT2D eigenvalue weighted by atomic mass is 10.1. The van der Waals surface area contributed by atoms with Crippen molar-refractivity contribution in [3.8, 4) is 17.9 Å². The number of hydrogen-bond donors (Lipinski definition) is 0. The third-order valence-corrected chi connectivity index (χ3v) is 2.89. The number of nitriles is 2. The molecule has 0 fully saturated rings. The summed E-state index contributed by atoms with van der Waals surface area (Å²) in [5.74, 6) is -2.76. The van der Waals surface area contributed by atoms with Crippen LogP contribution < -0.4 is 4.74 Å². The van der Waals surface area contributed by atoms with Crippen LogP contribution in [0, 0.1) is 40.1 Å². The fraction of sp³-hybridized carbons (Fsp3) is 0.0588. The molecule has 23 heavy (non-hydrogen) atoms. The standard InChI is InChI=1S/C17H9F3N2O/c18-14-3-1-12(7-15(14)19)10-23-17-4-2-11(6-16(17)20)5-13(8-21)9-22/h1-7H,10H2. The lowest BCUT2D eigenvalue weighted by Crippen LogP contribution is -1.99. The smallest absolute Gasteiger partial charge is 0.165 e. The predicted octanol–water partition coefficient (Wildman–Crippen LogP) is 4.11. The van der Waals surface area contributed by atoms with E-state index in [-0.39, 0.29) is 17.9 Å². The van der Waals surface area contributed by atoms with Crippen LogP contribution in [0.3, 0.4) is 0 Å². The highest BCUT2D eigenvalue weighted by molar-refractivity contribution is 5.62. The van der Waals surface area contributed by atoms with Crippen molar-refractivity contribution in [1.29, 1.82) is 10.5 Å². The minimum atomic E-state index is -1.01. The van der Waals surface area contributed by atoms with Gasteiger partial charge in [-0.1, -0.05) is 12.1 Å². The summed E-state index contributed by atoms with van der Waals surface area (Å²) in [5.41, 5.74) is 0.532. The van der Waals surface area contributed by atoms with E-state index in [4.69, 9.17) is 15.3 Å². The van der Waals surface area contributed by atoms with Gasteiger partial charge in [0.15, 0.2) is 23.2 Å². The van der Waals surface area contributed by atoms with Crippen LogP contribution in [0.4, 0.5) is 13.2 Å². The van der Waals surface area contributed by atoms with Crippen LogP contribution in [0.2, 0.25) is 0 Å². The van der Waals surface area contributed by atoms with Crippen LogP contribution in [0.25, 0.3) is 6.08 Å². The molecule has 3 nitrogen and oxygen atoms in total. The van der Waals surface area contributed by atoms with Crippen molar-refractivity contribution in [2.45, 2.75) is 6.61 Å². The molecule has 0 unspecified atom stereocenters. The van der Waals surface area contributed by atoms with Gasteiger partial charge in [0.05, 0.1) is 0 Å². The third kappa shape index (κ3) is 4.12. The molecule has 0 aliphatic heterocycles. The fourth-order valence-corrected chi connectivity index (χ4v) is 1.77. The van der Waals surface area contributed by atoms with Gasteiger partial charge in [0.25, 0.3) is 0 Å². The van der Waals surface area contributed by atoms with E-state index < -0.39 is 17.5 Å². The first-order valence-electron chi connectivity index (χ1n) is 6.41. The number of nitrogens with zero attached hydrogens (tertiary/aromatic N) is 2. The van der Waals surface area contributed by atoms with Crippen LogP contribution in [0.15, 0.2) is 42.0 Å². The summed E-state index contributed by atoms with van der Waals surface area (Å²) < 4.78 is 45.0. The fourth-order valence-electron chi connectivity index (χ4n) is 1.77. The topological polar surface area (TPSA) is 56.8 Å². The van der Waals surface area contributed by atoms with E-state index in [0.717, 1.165) is 18.2 Å². The summed E-state index contributed by atoms with van der Waals surface area (Å²) in [6.45, 7) is -0.134. The highest BCUT2D eigenvalue weighted by Crippen LogP contribution is 2.21. The average Bonchev–Trinajstić information content (AvgIpc) is 2.55. The predicted molar refractivity (Wildman–Crippen MR) is 76.3 cm³/mol. The molecule has 0 aromatic heterocycles. The summed E-state index contributed by atoms with van der Waals surface area (Å²) in [5, 5.41) is 17.3. The van der Waals surface area contributed by atoms with Gasteiger partial charge in [0.2, 0.25) is 0 Å². The summed E-state index contributed by atoms with van der Waals surface area (Å²) >= 11 is 0. The van der Waals surface area contributed by atoms with Crippen LogP contribution in [0.5, 0.6) is 5.75 Å². The van der Waals surface area contributed by atoms with E-state index >= 15 is 0 Å². The van der Waals surface area contributed by atoms with Gasteiger partial charge >= 0.3 is 0 Å². The monoisotopic (exact) mass is 314 g/mol. The Hall–Kier alpha value is -3.25. The van der Waals surface area contributed by atoms with Gasteiger partial charge in [-0.05, 0) is 41.5 Å². The molecular formula is C17H9F3N2O. The Kier molecular flexibility index (Phi) is 5.01. The zero-order valence-electron chi connectivity index (χ0n) is 11.7. The minimum absolute atomic E-state index is 0.0812. The first-order valence-corrected chi connectivity index (χ1v) is 6.41. The number of hydrogen-bond acceptors (Lipinski definition) is 3. The van der Waals surface area contributed by atoms with Crippen molar-refractivity contribution in [3.05, 3.63) is 70.5 Å². The maximum absolute atomic E-state index is 13.9. The van der Waals surface area contributed by atoms with Gasteiger partial charge in [-0.15, -0.1) is 0 Å². The summed E-state index contributed by atoms with van der Waals surface area (Å²) in [6, 6.07) is 10.5. The molecule has 2 aromatic rings. The number of benzene rings is 2. The molecular weight excluding hydrogens is 305 g/mol. The maximum Gasteiger partial charge on any atom is 0.165 e. The molecule has 0 aliphatic rings. The molecule has 114 valence electrons. The van der Waals surface area contributed by atoms with E-state index in [9.17, 15) is 13.2 Å². The Morgan fingerprint density at radius 1 is 0.957 bits per heavy atom. The number of rotatable bonds is 4. The molecule has 0 amide bonds. The number of ether oxygens (including phenoxy) is 1. The first kappa shape index (κ1) is 16.1. The molecule has 0 saturated heterocycles. The van der Waals surface area contributed by atoms with Crippen molar-refractivity contribution in [2.75, 3.05) is 0 Å². The second kappa shape index (κ2) is 7.15. The van der Waals surface area contributed by atoms with Gasteiger partial charge < -0.3 is 4.74 Å². The van der Waals surface area contributed by atoms with Crippen molar-refractivity contribution >= 4 is 6.08 Å². The number of halogens is 3. The van der Waals surface area contributed by atoms with E-state index in [1.165, 1.54) is 24.3 Å². The molecule has 2 aromatic carbocycles. The number of allylic oxidation sites excluding steroid dienone is 1. The molecule has 0 heterocycles. The van der Waals surface area contributed by atoms with E-state index in [1.54, 1.807) is 12.1 Å². The summed E-state index contributed by atoms with van der Waals surface area (Å²) in [4.78, 5) is 0. The maximum atomic E-state index is 13.9. The van der Waals surface area contributed by atoms with Crippen LogP contribution >= 0.6 is 0 Å². The SMILES string of the molecule is N#CC(C#N)=Cc1ccc(OCc2ccc(F)c(F)c2)c(F)c1. The Morgan fingerprint density at radius 2 is 1.70 bits per heavy atom. The molecule has 0 saturated carbocycles. The van der Waals surface area contributed by atoms with E-state index in [1.807, 2.05) is 0 Å². The molecule has 2 rings (SSSR count). The van der Waals surface area contributed by atoms with Gasteiger partial charge in [0.1, 0.15) is 24.3 Å². The van der Waals surface area contributed by atoms with Gasteiger partial charge in [-0.2, -0.15) is 10.5 Å². The molecule has 6 heteroatoms. The quantitative estimate of drug-likeness (QED) is 0.798. The second-order valence-corrected chi connectivity index (χ2v) is 4.51. The zero-order chi connectivity index (χ0) is 16.8. The largest absolute Gasteiger partial charge is 0.486 e. The zero-order valence-corrected chi connectivity index (χ0v) is 11.7. The van der Waals surface area contributed by atoms with Crippen LogP contribution in [-0.2, 0) is 6.61 Å².